The summed E-state index contributed by atoms with van der Waals surface area (Å²) < 4.78 is 0. The summed E-state index contributed by atoms with van der Waals surface area (Å²) in [6.45, 7) is 2.27. The monoisotopic (exact) mass is 225 g/mol. The molecule has 1 aliphatic rings. The SMILES string of the molecule is CCC1CCC(C(O)c2nccs2)CC1. The summed E-state index contributed by atoms with van der Waals surface area (Å²) in [6, 6.07) is 0. The normalized spacial score (nSPS) is 28.9. The van der Waals surface area contributed by atoms with Gasteiger partial charge in [0.2, 0.25) is 0 Å². The maximum Gasteiger partial charge on any atom is 0.121 e. The number of thiazole rings is 1. The smallest absolute Gasteiger partial charge is 0.121 e. The maximum absolute atomic E-state index is 10.1. The number of aliphatic hydroxyl groups excluding tert-OH is 1. The van der Waals surface area contributed by atoms with Gasteiger partial charge in [0, 0.05) is 11.6 Å². The van der Waals surface area contributed by atoms with Crippen molar-refractivity contribution in [1.82, 2.24) is 4.98 Å². The maximum atomic E-state index is 10.1. The zero-order chi connectivity index (χ0) is 10.7. The van der Waals surface area contributed by atoms with Crippen molar-refractivity contribution in [2.75, 3.05) is 0 Å². The Labute approximate surface area is 95.4 Å². The van der Waals surface area contributed by atoms with E-state index in [0.29, 0.717) is 5.92 Å². The first kappa shape index (κ1) is 11.1. The van der Waals surface area contributed by atoms with E-state index in [1.54, 1.807) is 17.5 Å². The van der Waals surface area contributed by atoms with E-state index in [1.807, 2.05) is 5.38 Å². The van der Waals surface area contributed by atoms with Crippen LogP contribution in [-0.4, -0.2) is 10.1 Å². The van der Waals surface area contributed by atoms with E-state index < -0.39 is 0 Å². The van der Waals surface area contributed by atoms with Gasteiger partial charge in [0.25, 0.3) is 0 Å². The van der Waals surface area contributed by atoms with Gasteiger partial charge in [0.05, 0.1) is 0 Å². The topological polar surface area (TPSA) is 33.1 Å². The molecule has 1 aliphatic carbocycles. The third-order valence-electron chi connectivity index (χ3n) is 3.62. The molecule has 1 heterocycles. The van der Waals surface area contributed by atoms with Gasteiger partial charge in [-0.05, 0) is 24.7 Å². The predicted octanol–water partition coefficient (Wildman–Crippen LogP) is 3.39. The summed E-state index contributed by atoms with van der Waals surface area (Å²) in [7, 11) is 0. The van der Waals surface area contributed by atoms with Crippen molar-refractivity contribution in [1.29, 1.82) is 0 Å². The second kappa shape index (κ2) is 5.08. The van der Waals surface area contributed by atoms with E-state index in [2.05, 4.69) is 11.9 Å². The van der Waals surface area contributed by atoms with E-state index in [4.69, 9.17) is 0 Å². The standard InChI is InChI=1S/C12H19NOS/c1-2-9-3-5-10(6-4-9)11(14)12-13-7-8-15-12/h7-11,14H,2-6H2,1H3. The van der Waals surface area contributed by atoms with Crippen molar-refractivity contribution in [2.24, 2.45) is 11.8 Å². The van der Waals surface area contributed by atoms with Crippen molar-refractivity contribution in [2.45, 2.75) is 45.1 Å². The lowest BCUT2D eigenvalue weighted by Crippen LogP contribution is -2.20. The molecule has 1 unspecified atom stereocenters. The molecule has 0 spiro atoms. The lowest BCUT2D eigenvalue weighted by Gasteiger charge is -2.30. The second-order valence-corrected chi connectivity index (χ2v) is 5.43. The molecule has 1 aromatic heterocycles. The third-order valence-corrected chi connectivity index (χ3v) is 4.47. The van der Waals surface area contributed by atoms with Crippen LogP contribution in [0, 0.1) is 11.8 Å². The minimum atomic E-state index is -0.317. The molecule has 0 radical (unpaired) electrons. The minimum Gasteiger partial charge on any atom is -0.386 e. The number of nitrogens with zero attached hydrogens (tertiary/aromatic N) is 1. The van der Waals surface area contributed by atoms with Crippen molar-refractivity contribution in [3.05, 3.63) is 16.6 Å². The molecule has 15 heavy (non-hydrogen) atoms. The summed E-state index contributed by atoms with van der Waals surface area (Å²) in [5.74, 6) is 1.34. The van der Waals surface area contributed by atoms with Crippen LogP contribution in [0.2, 0.25) is 0 Å². The lowest BCUT2D eigenvalue weighted by atomic mass is 9.78. The van der Waals surface area contributed by atoms with Crippen LogP contribution in [-0.2, 0) is 0 Å². The van der Waals surface area contributed by atoms with Crippen LogP contribution in [0.5, 0.6) is 0 Å². The molecule has 0 bridgehead atoms. The molecule has 2 rings (SSSR count). The van der Waals surface area contributed by atoms with Crippen LogP contribution in [0.4, 0.5) is 0 Å². The molecule has 0 aliphatic heterocycles. The van der Waals surface area contributed by atoms with Crippen LogP contribution in [0.1, 0.15) is 50.1 Å². The lowest BCUT2D eigenvalue weighted by molar-refractivity contribution is 0.0727. The quantitative estimate of drug-likeness (QED) is 0.855. The minimum absolute atomic E-state index is 0.317. The predicted molar refractivity (Wildman–Crippen MR) is 62.8 cm³/mol. The van der Waals surface area contributed by atoms with Crippen LogP contribution in [0.25, 0.3) is 0 Å². The highest BCUT2D eigenvalue weighted by atomic mass is 32.1. The van der Waals surface area contributed by atoms with Crippen LogP contribution in [0.3, 0.4) is 0 Å². The molecule has 3 heteroatoms. The van der Waals surface area contributed by atoms with Gasteiger partial charge in [-0.3, -0.25) is 0 Å². The van der Waals surface area contributed by atoms with Gasteiger partial charge in [-0.15, -0.1) is 11.3 Å². The van der Waals surface area contributed by atoms with Gasteiger partial charge in [-0.2, -0.15) is 0 Å². The molecule has 1 aromatic rings. The summed E-state index contributed by atoms with van der Waals surface area (Å²) >= 11 is 1.57. The molecule has 1 saturated carbocycles. The fourth-order valence-electron chi connectivity index (χ4n) is 2.49. The number of aliphatic hydroxyl groups is 1. The number of hydrogen-bond acceptors (Lipinski definition) is 3. The van der Waals surface area contributed by atoms with Crippen molar-refractivity contribution in [3.63, 3.8) is 0 Å². The van der Waals surface area contributed by atoms with Crippen molar-refractivity contribution < 1.29 is 5.11 Å². The Kier molecular flexibility index (Phi) is 3.76. The van der Waals surface area contributed by atoms with Crippen molar-refractivity contribution in [3.8, 4) is 0 Å². The van der Waals surface area contributed by atoms with Gasteiger partial charge in [-0.1, -0.05) is 26.2 Å². The summed E-state index contributed by atoms with van der Waals surface area (Å²) in [5, 5.41) is 13.0. The third kappa shape index (κ3) is 2.58. The fraction of sp³-hybridized carbons (Fsp3) is 0.750. The van der Waals surface area contributed by atoms with Gasteiger partial charge >= 0.3 is 0 Å². The summed E-state index contributed by atoms with van der Waals surface area (Å²) in [5.41, 5.74) is 0. The molecule has 0 amide bonds. The Balaban J connectivity index is 1.90. The first-order chi connectivity index (χ1) is 7.31. The highest BCUT2D eigenvalue weighted by molar-refractivity contribution is 7.09. The second-order valence-electron chi connectivity index (χ2n) is 4.50. The highest BCUT2D eigenvalue weighted by Gasteiger charge is 2.27. The van der Waals surface area contributed by atoms with E-state index in [1.165, 1.54) is 32.1 Å². The molecule has 1 atom stereocenters. The summed E-state index contributed by atoms with van der Waals surface area (Å²) in [4.78, 5) is 4.20. The Morgan fingerprint density at radius 1 is 1.47 bits per heavy atom. The summed E-state index contributed by atoms with van der Waals surface area (Å²) in [6.07, 6.45) is 7.65. The van der Waals surface area contributed by atoms with Crippen LogP contribution in [0.15, 0.2) is 11.6 Å². The molecule has 1 N–H and O–H groups in total. The Bertz CT molecular complexity index is 278. The average molecular weight is 225 g/mol. The molecule has 2 nitrogen and oxygen atoms in total. The number of hydrogen-bond donors (Lipinski definition) is 1. The Morgan fingerprint density at radius 2 is 2.20 bits per heavy atom. The van der Waals surface area contributed by atoms with Crippen LogP contribution < -0.4 is 0 Å². The van der Waals surface area contributed by atoms with Gasteiger partial charge < -0.3 is 5.11 Å². The number of rotatable bonds is 3. The van der Waals surface area contributed by atoms with E-state index in [0.717, 1.165) is 10.9 Å². The van der Waals surface area contributed by atoms with E-state index in [-0.39, 0.29) is 6.10 Å². The zero-order valence-electron chi connectivity index (χ0n) is 9.22. The van der Waals surface area contributed by atoms with Gasteiger partial charge in [0.15, 0.2) is 0 Å². The van der Waals surface area contributed by atoms with Crippen molar-refractivity contribution >= 4 is 11.3 Å². The average Bonchev–Trinajstić information content (AvgIpc) is 2.82. The zero-order valence-corrected chi connectivity index (χ0v) is 10.0. The van der Waals surface area contributed by atoms with E-state index in [9.17, 15) is 5.11 Å². The molecular formula is C12H19NOS. The fourth-order valence-corrected chi connectivity index (χ4v) is 3.21. The molecule has 0 aromatic carbocycles. The molecule has 0 saturated heterocycles. The molecule has 1 fully saturated rings. The highest BCUT2D eigenvalue weighted by Crippen LogP contribution is 2.38. The van der Waals surface area contributed by atoms with E-state index >= 15 is 0 Å². The number of aromatic nitrogens is 1. The van der Waals surface area contributed by atoms with Crippen LogP contribution >= 0.6 is 11.3 Å². The first-order valence-corrected chi connectivity index (χ1v) is 6.76. The largest absolute Gasteiger partial charge is 0.386 e. The Morgan fingerprint density at radius 3 is 2.73 bits per heavy atom. The van der Waals surface area contributed by atoms with Gasteiger partial charge in [-0.25, -0.2) is 4.98 Å². The Hall–Kier alpha value is -0.410. The first-order valence-electron chi connectivity index (χ1n) is 5.88. The molecular weight excluding hydrogens is 206 g/mol. The van der Waals surface area contributed by atoms with Gasteiger partial charge in [0.1, 0.15) is 11.1 Å². The molecule has 84 valence electrons.